The van der Waals surface area contributed by atoms with Crippen LogP contribution in [0.3, 0.4) is 0 Å². The lowest BCUT2D eigenvalue weighted by Crippen LogP contribution is -2.42. The standard InChI is InChI=1S/C23H27N3O2/c27-22-15-20(16-26(22)17-21-8-4-5-11-24-21)23(28)25-12-9-19(10-13-25)14-18-6-2-1-3-7-18/h1-8,11,19-20H,9-10,12-17H2. The Kier molecular flexibility index (Phi) is 5.70. The minimum absolute atomic E-state index is 0.0583. The third-order valence-corrected chi connectivity index (χ3v) is 5.94. The lowest BCUT2D eigenvalue weighted by atomic mass is 9.89. The van der Waals surface area contributed by atoms with Gasteiger partial charge in [0.05, 0.1) is 18.2 Å². The minimum Gasteiger partial charge on any atom is -0.342 e. The molecule has 0 spiro atoms. The van der Waals surface area contributed by atoms with E-state index in [0.29, 0.717) is 25.4 Å². The van der Waals surface area contributed by atoms with Crippen molar-refractivity contribution in [3.05, 3.63) is 66.0 Å². The molecule has 28 heavy (non-hydrogen) atoms. The summed E-state index contributed by atoms with van der Waals surface area (Å²) in [6.45, 7) is 2.61. The van der Waals surface area contributed by atoms with Gasteiger partial charge in [-0.25, -0.2) is 0 Å². The fourth-order valence-electron chi connectivity index (χ4n) is 4.34. The quantitative estimate of drug-likeness (QED) is 0.805. The smallest absolute Gasteiger partial charge is 0.227 e. The van der Waals surface area contributed by atoms with Crippen LogP contribution in [-0.4, -0.2) is 46.2 Å². The van der Waals surface area contributed by atoms with E-state index in [9.17, 15) is 9.59 Å². The Morgan fingerprint density at radius 2 is 1.79 bits per heavy atom. The predicted molar refractivity (Wildman–Crippen MR) is 107 cm³/mol. The van der Waals surface area contributed by atoms with E-state index in [4.69, 9.17) is 0 Å². The monoisotopic (exact) mass is 377 g/mol. The van der Waals surface area contributed by atoms with Gasteiger partial charge in [-0.2, -0.15) is 0 Å². The molecule has 1 atom stereocenters. The highest BCUT2D eigenvalue weighted by Gasteiger charge is 2.37. The summed E-state index contributed by atoms with van der Waals surface area (Å²) < 4.78 is 0. The molecule has 2 aliphatic heterocycles. The lowest BCUT2D eigenvalue weighted by Gasteiger charge is -2.33. The van der Waals surface area contributed by atoms with Crippen LogP contribution in [0.5, 0.6) is 0 Å². The number of pyridine rings is 1. The highest BCUT2D eigenvalue weighted by molar-refractivity contribution is 5.89. The average molecular weight is 377 g/mol. The van der Waals surface area contributed by atoms with Crippen LogP contribution in [-0.2, 0) is 22.6 Å². The van der Waals surface area contributed by atoms with E-state index in [1.807, 2.05) is 29.2 Å². The topological polar surface area (TPSA) is 53.5 Å². The zero-order valence-corrected chi connectivity index (χ0v) is 16.2. The molecule has 2 aliphatic rings. The second-order valence-corrected chi connectivity index (χ2v) is 7.95. The SMILES string of the molecule is O=C1CC(C(=O)N2CCC(Cc3ccccc3)CC2)CN1Cc1ccccn1. The molecule has 0 saturated carbocycles. The van der Waals surface area contributed by atoms with Crippen molar-refractivity contribution in [3.8, 4) is 0 Å². The number of carbonyl (C=O) groups is 2. The highest BCUT2D eigenvalue weighted by Crippen LogP contribution is 2.26. The van der Waals surface area contributed by atoms with Crippen molar-refractivity contribution < 1.29 is 9.59 Å². The van der Waals surface area contributed by atoms with Gasteiger partial charge in [-0.05, 0) is 42.9 Å². The van der Waals surface area contributed by atoms with E-state index in [0.717, 1.165) is 38.0 Å². The van der Waals surface area contributed by atoms with Gasteiger partial charge >= 0.3 is 0 Å². The van der Waals surface area contributed by atoms with E-state index in [2.05, 4.69) is 29.2 Å². The Morgan fingerprint density at radius 1 is 1.04 bits per heavy atom. The predicted octanol–water partition coefficient (Wildman–Crippen LogP) is 2.91. The third kappa shape index (κ3) is 4.41. The summed E-state index contributed by atoms with van der Waals surface area (Å²) in [5, 5.41) is 0. The van der Waals surface area contributed by atoms with E-state index in [1.165, 1.54) is 5.56 Å². The van der Waals surface area contributed by atoms with Gasteiger partial charge in [0.15, 0.2) is 0 Å². The first-order chi connectivity index (χ1) is 13.7. The van der Waals surface area contributed by atoms with Crippen LogP contribution < -0.4 is 0 Å². The maximum atomic E-state index is 12.9. The fourth-order valence-corrected chi connectivity index (χ4v) is 4.34. The lowest BCUT2D eigenvalue weighted by molar-refractivity contribution is -0.137. The van der Waals surface area contributed by atoms with Gasteiger partial charge in [0.1, 0.15) is 0 Å². The average Bonchev–Trinajstić information content (AvgIpc) is 3.10. The summed E-state index contributed by atoms with van der Waals surface area (Å²) in [4.78, 5) is 33.3. The summed E-state index contributed by atoms with van der Waals surface area (Å²) in [5.41, 5.74) is 2.24. The largest absolute Gasteiger partial charge is 0.342 e. The first-order valence-corrected chi connectivity index (χ1v) is 10.2. The number of aromatic nitrogens is 1. The van der Waals surface area contributed by atoms with Gasteiger partial charge < -0.3 is 9.80 Å². The molecule has 4 rings (SSSR count). The number of nitrogens with zero attached hydrogens (tertiary/aromatic N) is 3. The van der Waals surface area contributed by atoms with Crippen molar-refractivity contribution in [1.82, 2.24) is 14.8 Å². The number of carbonyl (C=O) groups excluding carboxylic acids is 2. The Labute approximate surface area is 166 Å². The van der Waals surface area contributed by atoms with Crippen LogP contribution >= 0.6 is 0 Å². The molecule has 0 N–H and O–H groups in total. The van der Waals surface area contributed by atoms with Gasteiger partial charge in [-0.1, -0.05) is 36.4 Å². The maximum absolute atomic E-state index is 12.9. The molecule has 2 saturated heterocycles. The molecular formula is C23H27N3O2. The third-order valence-electron chi connectivity index (χ3n) is 5.94. The molecule has 146 valence electrons. The van der Waals surface area contributed by atoms with Gasteiger partial charge in [-0.3, -0.25) is 14.6 Å². The van der Waals surface area contributed by atoms with Crippen molar-refractivity contribution in [1.29, 1.82) is 0 Å². The molecule has 0 radical (unpaired) electrons. The Hall–Kier alpha value is -2.69. The Balaban J connectivity index is 1.28. The summed E-state index contributed by atoms with van der Waals surface area (Å²) in [6.07, 6.45) is 5.23. The zero-order valence-electron chi connectivity index (χ0n) is 16.2. The first-order valence-electron chi connectivity index (χ1n) is 10.2. The van der Waals surface area contributed by atoms with Crippen LogP contribution in [0.4, 0.5) is 0 Å². The summed E-state index contributed by atoms with van der Waals surface area (Å²) in [7, 11) is 0. The number of benzene rings is 1. The summed E-state index contributed by atoms with van der Waals surface area (Å²) >= 11 is 0. The number of hydrogen-bond acceptors (Lipinski definition) is 3. The molecule has 1 aromatic carbocycles. The first kappa shape index (κ1) is 18.7. The molecule has 3 heterocycles. The van der Waals surface area contributed by atoms with Crippen molar-refractivity contribution >= 4 is 11.8 Å². The molecule has 5 nitrogen and oxygen atoms in total. The Morgan fingerprint density at radius 3 is 2.50 bits per heavy atom. The van der Waals surface area contributed by atoms with Crippen molar-refractivity contribution in [3.63, 3.8) is 0 Å². The molecule has 2 fully saturated rings. The van der Waals surface area contributed by atoms with E-state index in [1.54, 1.807) is 11.1 Å². The second-order valence-electron chi connectivity index (χ2n) is 7.95. The van der Waals surface area contributed by atoms with Gasteiger partial charge in [0, 0.05) is 32.3 Å². The number of piperidine rings is 1. The number of amides is 2. The number of rotatable bonds is 5. The van der Waals surface area contributed by atoms with Gasteiger partial charge in [0.25, 0.3) is 0 Å². The highest BCUT2D eigenvalue weighted by atomic mass is 16.2. The summed E-state index contributed by atoms with van der Waals surface area (Å²) in [6, 6.07) is 16.3. The molecule has 0 bridgehead atoms. The van der Waals surface area contributed by atoms with Crippen molar-refractivity contribution in [2.45, 2.75) is 32.2 Å². The maximum Gasteiger partial charge on any atom is 0.227 e. The molecule has 5 heteroatoms. The van der Waals surface area contributed by atoms with Crippen LogP contribution in [0, 0.1) is 11.8 Å². The molecule has 0 aliphatic carbocycles. The molecule has 1 aromatic heterocycles. The number of likely N-dealkylation sites (tertiary alicyclic amines) is 2. The van der Waals surface area contributed by atoms with Crippen molar-refractivity contribution in [2.24, 2.45) is 11.8 Å². The van der Waals surface area contributed by atoms with Gasteiger partial charge in [-0.15, -0.1) is 0 Å². The fraction of sp³-hybridized carbons (Fsp3) is 0.435. The zero-order chi connectivity index (χ0) is 19.3. The number of hydrogen-bond donors (Lipinski definition) is 0. The second kappa shape index (κ2) is 8.55. The van der Waals surface area contributed by atoms with E-state index in [-0.39, 0.29) is 17.7 Å². The molecule has 2 amide bonds. The Bertz CT molecular complexity index is 801. The van der Waals surface area contributed by atoms with Crippen LogP contribution in [0.25, 0.3) is 0 Å². The van der Waals surface area contributed by atoms with Crippen LogP contribution in [0.2, 0.25) is 0 Å². The normalized spacial score (nSPS) is 20.6. The minimum atomic E-state index is -0.207. The van der Waals surface area contributed by atoms with Crippen LogP contribution in [0.1, 0.15) is 30.5 Å². The summed E-state index contributed by atoms with van der Waals surface area (Å²) in [5.74, 6) is 0.636. The van der Waals surface area contributed by atoms with E-state index < -0.39 is 0 Å². The molecule has 2 aromatic rings. The molecule has 1 unspecified atom stereocenters. The van der Waals surface area contributed by atoms with Crippen molar-refractivity contribution in [2.75, 3.05) is 19.6 Å². The van der Waals surface area contributed by atoms with Gasteiger partial charge in [0.2, 0.25) is 11.8 Å². The van der Waals surface area contributed by atoms with Crippen LogP contribution in [0.15, 0.2) is 54.7 Å². The molecular weight excluding hydrogens is 350 g/mol. The van der Waals surface area contributed by atoms with E-state index >= 15 is 0 Å².